The molecule has 0 aliphatic carbocycles. The number of carbonyl (C=O) groups is 3. The average Bonchev–Trinajstić information content (AvgIpc) is 2.79. The second kappa shape index (κ2) is 9.52. The molecule has 0 radical (unpaired) electrons. The molecule has 7 nitrogen and oxygen atoms in total. The van der Waals surface area contributed by atoms with Crippen LogP contribution < -0.4 is 15.5 Å². The largest absolute Gasteiger partial charge is 0.471 e. The summed E-state index contributed by atoms with van der Waals surface area (Å²) in [4.78, 5) is 42.8. The number of hydrogen-bond donors (Lipinski definition) is 1. The molecule has 0 bridgehead atoms. The number of hydrogen-bond acceptors (Lipinski definition) is 4. The number of anilines is 3. The van der Waals surface area contributed by atoms with Crippen molar-refractivity contribution >= 4 is 46.5 Å². The topological polar surface area (TPSA) is 96.6 Å². The van der Waals surface area contributed by atoms with E-state index in [-0.39, 0.29) is 28.3 Å². The molecule has 0 spiro atoms. The Hall–Kier alpha value is -3.92. The molecule has 0 aliphatic heterocycles. The molecule has 0 aliphatic rings. The molecular formula is C23H18ClF3N4O3. The van der Waals surface area contributed by atoms with Gasteiger partial charge in [-0.1, -0.05) is 23.2 Å². The van der Waals surface area contributed by atoms with Crippen molar-refractivity contribution in [3.63, 3.8) is 0 Å². The van der Waals surface area contributed by atoms with Crippen LogP contribution in [0.3, 0.4) is 0 Å². The van der Waals surface area contributed by atoms with Gasteiger partial charge in [0.05, 0.1) is 16.3 Å². The zero-order valence-electron chi connectivity index (χ0n) is 17.9. The standard InChI is InChI=1S/C23H18ClF3N4O3/c1-13-3-9-18(17(11-13)20(28)32)31(19-10-6-15(24)12-29-19)21(33)14-4-7-16(8-5-14)30(2)22(34)23(25,26)27/h3-12H,1-2H3,(H2,28,32). The van der Waals surface area contributed by atoms with Crippen molar-refractivity contribution in [1.82, 2.24) is 4.98 Å². The Morgan fingerprint density at radius 2 is 1.65 bits per heavy atom. The Morgan fingerprint density at radius 1 is 1.00 bits per heavy atom. The first-order valence-corrected chi connectivity index (χ1v) is 10.1. The van der Waals surface area contributed by atoms with Crippen LogP contribution in [0.1, 0.15) is 26.3 Å². The predicted octanol–water partition coefficient (Wildman–Crippen LogP) is 4.65. The number of aromatic nitrogens is 1. The first-order valence-electron chi connectivity index (χ1n) is 9.71. The van der Waals surface area contributed by atoms with Gasteiger partial charge in [-0.2, -0.15) is 13.2 Å². The molecule has 0 atom stereocenters. The van der Waals surface area contributed by atoms with Gasteiger partial charge in [0, 0.05) is 24.5 Å². The number of rotatable bonds is 5. The Balaban J connectivity index is 2.06. The number of pyridine rings is 1. The molecule has 3 rings (SSSR count). The maximum atomic E-state index is 13.5. The highest BCUT2D eigenvalue weighted by molar-refractivity contribution is 6.30. The molecule has 3 aromatic rings. The monoisotopic (exact) mass is 490 g/mol. The van der Waals surface area contributed by atoms with Gasteiger partial charge in [0.25, 0.3) is 11.8 Å². The molecule has 2 aromatic carbocycles. The Labute approximate surface area is 197 Å². The van der Waals surface area contributed by atoms with Gasteiger partial charge in [0.15, 0.2) is 0 Å². The van der Waals surface area contributed by atoms with Crippen LogP contribution in [0, 0.1) is 6.92 Å². The molecule has 0 saturated carbocycles. The second-order valence-electron chi connectivity index (χ2n) is 7.27. The van der Waals surface area contributed by atoms with Crippen molar-refractivity contribution in [2.45, 2.75) is 13.1 Å². The van der Waals surface area contributed by atoms with Gasteiger partial charge < -0.3 is 10.6 Å². The molecule has 176 valence electrons. The van der Waals surface area contributed by atoms with Gasteiger partial charge in [-0.3, -0.25) is 19.3 Å². The van der Waals surface area contributed by atoms with E-state index >= 15 is 0 Å². The number of carbonyl (C=O) groups excluding carboxylic acids is 3. The number of benzene rings is 2. The van der Waals surface area contributed by atoms with Crippen LogP contribution in [0.25, 0.3) is 0 Å². The fraction of sp³-hybridized carbons (Fsp3) is 0.130. The first-order chi connectivity index (χ1) is 15.9. The van der Waals surface area contributed by atoms with Gasteiger partial charge in [0.2, 0.25) is 0 Å². The zero-order chi connectivity index (χ0) is 25.2. The summed E-state index contributed by atoms with van der Waals surface area (Å²) in [6.45, 7) is 1.75. The maximum Gasteiger partial charge on any atom is 0.471 e. The van der Waals surface area contributed by atoms with Crippen molar-refractivity contribution < 1.29 is 27.6 Å². The number of aryl methyl sites for hydroxylation is 1. The molecular weight excluding hydrogens is 473 g/mol. The van der Waals surface area contributed by atoms with Crippen LogP contribution in [0.2, 0.25) is 5.02 Å². The highest BCUT2D eigenvalue weighted by Gasteiger charge is 2.41. The number of halogens is 4. The molecule has 3 amide bonds. The van der Waals surface area contributed by atoms with Gasteiger partial charge in [-0.05, 0) is 55.5 Å². The van der Waals surface area contributed by atoms with E-state index in [2.05, 4.69) is 4.98 Å². The average molecular weight is 491 g/mol. The summed E-state index contributed by atoms with van der Waals surface area (Å²) in [6.07, 6.45) is -3.73. The first kappa shape index (κ1) is 24.7. The third-order valence-electron chi connectivity index (χ3n) is 4.85. The van der Waals surface area contributed by atoms with Crippen LogP contribution in [-0.2, 0) is 4.79 Å². The lowest BCUT2D eigenvalue weighted by molar-refractivity contribution is -0.170. The number of nitrogens with zero attached hydrogens (tertiary/aromatic N) is 3. The number of amides is 3. The van der Waals surface area contributed by atoms with E-state index in [1.54, 1.807) is 13.0 Å². The van der Waals surface area contributed by atoms with E-state index in [0.29, 0.717) is 9.92 Å². The Morgan fingerprint density at radius 3 is 2.18 bits per heavy atom. The predicted molar refractivity (Wildman–Crippen MR) is 121 cm³/mol. The minimum atomic E-state index is -5.04. The van der Waals surface area contributed by atoms with Crippen LogP contribution in [0.15, 0.2) is 60.8 Å². The normalized spacial score (nSPS) is 11.1. The quantitative estimate of drug-likeness (QED) is 0.563. The van der Waals surface area contributed by atoms with Gasteiger partial charge in [0.1, 0.15) is 5.82 Å². The molecule has 1 aromatic heterocycles. The number of nitrogens with two attached hydrogens (primary N) is 1. The SMILES string of the molecule is Cc1ccc(N(C(=O)c2ccc(N(C)C(=O)C(F)(F)F)cc2)c2ccc(Cl)cn2)c(C(N)=O)c1. The lowest BCUT2D eigenvalue weighted by Crippen LogP contribution is -2.38. The van der Waals surface area contributed by atoms with Crippen molar-refractivity contribution in [1.29, 1.82) is 0 Å². The van der Waals surface area contributed by atoms with Gasteiger partial charge in [-0.25, -0.2) is 4.98 Å². The zero-order valence-corrected chi connectivity index (χ0v) is 18.7. The third-order valence-corrected chi connectivity index (χ3v) is 5.07. The lowest BCUT2D eigenvalue weighted by atomic mass is 10.1. The summed E-state index contributed by atoms with van der Waals surface area (Å²) < 4.78 is 38.2. The smallest absolute Gasteiger partial charge is 0.366 e. The summed E-state index contributed by atoms with van der Waals surface area (Å²) in [6, 6.07) is 12.6. The van der Waals surface area contributed by atoms with Crippen LogP contribution >= 0.6 is 11.6 Å². The van der Waals surface area contributed by atoms with Gasteiger partial charge >= 0.3 is 12.1 Å². The van der Waals surface area contributed by atoms with Crippen molar-refractivity contribution in [3.8, 4) is 0 Å². The van der Waals surface area contributed by atoms with Crippen molar-refractivity contribution in [2.75, 3.05) is 16.8 Å². The Bertz CT molecular complexity index is 1250. The van der Waals surface area contributed by atoms with Crippen molar-refractivity contribution in [2.24, 2.45) is 5.73 Å². The molecule has 11 heteroatoms. The minimum Gasteiger partial charge on any atom is -0.366 e. The summed E-state index contributed by atoms with van der Waals surface area (Å²) >= 11 is 5.91. The van der Waals surface area contributed by atoms with Crippen molar-refractivity contribution in [3.05, 3.63) is 82.5 Å². The van der Waals surface area contributed by atoms with E-state index in [1.807, 2.05) is 0 Å². The second-order valence-corrected chi connectivity index (χ2v) is 7.71. The third kappa shape index (κ3) is 5.18. The van der Waals surface area contributed by atoms with Crippen LogP contribution in [-0.4, -0.2) is 35.9 Å². The fourth-order valence-corrected chi connectivity index (χ4v) is 3.26. The summed E-state index contributed by atoms with van der Waals surface area (Å²) in [5.41, 5.74) is 6.48. The summed E-state index contributed by atoms with van der Waals surface area (Å²) in [5, 5.41) is 0.317. The van der Waals surface area contributed by atoms with E-state index in [9.17, 15) is 27.6 Å². The van der Waals surface area contributed by atoms with E-state index < -0.39 is 23.9 Å². The Kier molecular flexibility index (Phi) is 6.92. The lowest BCUT2D eigenvalue weighted by Gasteiger charge is -2.24. The number of primary amides is 1. The summed E-state index contributed by atoms with van der Waals surface area (Å²) in [7, 11) is 0.974. The molecule has 1 heterocycles. The van der Waals surface area contributed by atoms with E-state index in [4.69, 9.17) is 17.3 Å². The number of alkyl halides is 3. The molecule has 0 unspecified atom stereocenters. The molecule has 0 fully saturated rings. The van der Waals surface area contributed by atoms with Crippen LogP contribution in [0.4, 0.5) is 30.4 Å². The van der Waals surface area contributed by atoms with Gasteiger partial charge in [-0.15, -0.1) is 0 Å². The highest BCUT2D eigenvalue weighted by atomic mass is 35.5. The fourth-order valence-electron chi connectivity index (χ4n) is 3.14. The summed E-state index contributed by atoms with van der Waals surface area (Å²) in [5.74, 6) is -3.33. The van der Waals surface area contributed by atoms with E-state index in [1.165, 1.54) is 54.7 Å². The highest BCUT2D eigenvalue weighted by Crippen LogP contribution is 2.31. The molecule has 2 N–H and O–H groups in total. The molecule has 0 saturated heterocycles. The van der Waals surface area contributed by atoms with Crippen LogP contribution in [0.5, 0.6) is 0 Å². The van der Waals surface area contributed by atoms with E-state index in [0.717, 1.165) is 17.5 Å². The maximum absolute atomic E-state index is 13.5. The molecule has 34 heavy (non-hydrogen) atoms. The minimum absolute atomic E-state index is 0.0596.